The van der Waals surface area contributed by atoms with Crippen molar-refractivity contribution in [1.82, 2.24) is 9.97 Å². The van der Waals surface area contributed by atoms with Crippen LogP contribution in [0.4, 0.5) is 4.79 Å². The molecule has 0 bridgehead atoms. The van der Waals surface area contributed by atoms with E-state index < -0.39 is 4.88 Å². The molecule has 0 spiro atoms. The molecule has 1 aromatic carbocycles. The molecule has 0 aliphatic heterocycles. The van der Waals surface area contributed by atoms with E-state index in [1.165, 1.54) is 0 Å². The lowest BCUT2D eigenvalue weighted by atomic mass is 10.3. The highest BCUT2D eigenvalue weighted by atomic mass is 79.9. The van der Waals surface area contributed by atoms with Crippen LogP contribution in [0.1, 0.15) is 0 Å². The van der Waals surface area contributed by atoms with Gasteiger partial charge in [-0.25, -0.2) is 4.79 Å². The first-order valence-electron chi connectivity index (χ1n) is 3.84. The summed E-state index contributed by atoms with van der Waals surface area (Å²) in [6, 6.07) is 5.06. The predicted molar refractivity (Wildman–Crippen MR) is 54.5 cm³/mol. The molecule has 0 N–H and O–H groups in total. The van der Waals surface area contributed by atoms with Gasteiger partial charge in [0, 0.05) is 34.4 Å². The Morgan fingerprint density at radius 3 is 2.64 bits per heavy atom. The highest BCUT2D eigenvalue weighted by molar-refractivity contribution is 9.18. The zero-order chi connectivity index (χ0) is 9.97. The maximum absolute atomic E-state index is 10.6. The van der Waals surface area contributed by atoms with E-state index in [1.54, 1.807) is 30.6 Å². The van der Waals surface area contributed by atoms with E-state index in [4.69, 9.17) is 4.74 Å². The SMILES string of the molecule is O=C(Br)Oc1ccc2nccnc2c1. The van der Waals surface area contributed by atoms with Gasteiger partial charge in [0.1, 0.15) is 5.75 Å². The highest BCUT2D eigenvalue weighted by Crippen LogP contribution is 2.17. The average Bonchev–Trinajstić information content (AvgIpc) is 2.17. The number of carbonyl (C=O) groups excluding carboxylic acids is 1. The van der Waals surface area contributed by atoms with Gasteiger partial charge in [0.15, 0.2) is 0 Å². The van der Waals surface area contributed by atoms with E-state index in [2.05, 4.69) is 25.9 Å². The molecule has 0 aliphatic carbocycles. The minimum atomic E-state index is -0.527. The third kappa shape index (κ3) is 1.88. The van der Waals surface area contributed by atoms with Crippen LogP contribution in [0.2, 0.25) is 0 Å². The first kappa shape index (κ1) is 9.08. The molecule has 1 heterocycles. The number of ether oxygens (including phenoxy) is 1. The zero-order valence-electron chi connectivity index (χ0n) is 6.98. The summed E-state index contributed by atoms with van der Waals surface area (Å²) in [6.45, 7) is 0. The maximum Gasteiger partial charge on any atom is 0.379 e. The van der Waals surface area contributed by atoms with Crippen LogP contribution in [0.3, 0.4) is 0 Å². The average molecular weight is 253 g/mol. The molecule has 0 aliphatic rings. The van der Waals surface area contributed by atoms with Crippen LogP contribution >= 0.6 is 15.9 Å². The number of halogens is 1. The second-order valence-electron chi connectivity index (χ2n) is 2.55. The summed E-state index contributed by atoms with van der Waals surface area (Å²) in [5.74, 6) is 0.444. The Morgan fingerprint density at radius 2 is 1.93 bits per heavy atom. The van der Waals surface area contributed by atoms with E-state index in [0.29, 0.717) is 11.3 Å². The molecule has 0 saturated heterocycles. The lowest BCUT2D eigenvalue weighted by Gasteiger charge is -2.00. The minimum Gasteiger partial charge on any atom is -0.418 e. The van der Waals surface area contributed by atoms with Crippen LogP contribution in [0.25, 0.3) is 11.0 Å². The minimum absolute atomic E-state index is 0.444. The van der Waals surface area contributed by atoms with Crippen LogP contribution in [-0.2, 0) is 0 Å². The lowest BCUT2D eigenvalue weighted by molar-refractivity contribution is 0.228. The van der Waals surface area contributed by atoms with E-state index in [1.807, 2.05) is 0 Å². The monoisotopic (exact) mass is 252 g/mol. The Bertz CT molecular complexity index is 487. The van der Waals surface area contributed by atoms with Crippen LogP contribution in [0.5, 0.6) is 5.75 Å². The summed E-state index contributed by atoms with van der Waals surface area (Å²) >= 11 is 2.68. The molecule has 0 unspecified atom stereocenters. The van der Waals surface area contributed by atoms with Crippen molar-refractivity contribution in [2.45, 2.75) is 0 Å². The Labute approximate surface area is 88.1 Å². The predicted octanol–water partition coefficient (Wildman–Crippen LogP) is 2.52. The first-order chi connectivity index (χ1) is 6.75. The summed E-state index contributed by atoms with van der Waals surface area (Å²) < 4.78 is 4.83. The second-order valence-corrected chi connectivity index (χ2v) is 3.19. The van der Waals surface area contributed by atoms with Crippen LogP contribution in [0, 0.1) is 0 Å². The number of benzene rings is 1. The number of rotatable bonds is 1. The summed E-state index contributed by atoms with van der Waals surface area (Å²) in [5.41, 5.74) is 1.46. The largest absolute Gasteiger partial charge is 0.418 e. The maximum atomic E-state index is 10.6. The zero-order valence-corrected chi connectivity index (χ0v) is 8.56. The van der Waals surface area contributed by atoms with Crippen molar-refractivity contribution < 1.29 is 9.53 Å². The van der Waals surface area contributed by atoms with Crippen molar-refractivity contribution in [3.63, 3.8) is 0 Å². The number of nitrogens with zero attached hydrogens (tertiary/aromatic N) is 2. The molecular formula is C9H5BrN2O2. The molecule has 2 rings (SSSR count). The van der Waals surface area contributed by atoms with Crippen LogP contribution < -0.4 is 4.74 Å². The third-order valence-electron chi connectivity index (χ3n) is 1.64. The second kappa shape index (κ2) is 3.71. The van der Waals surface area contributed by atoms with Gasteiger partial charge >= 0.3 is 4.88 Å². The fraction of sp³-hybridized carbons (Fsp3) is 0. The molecule has 0 fully saturated rings. The van der Waals surface area contributed by atoms with Gasteiger partial charge in [0.25, 0.3) is 0 Å². The van der Waals surface area contributed by atoms with Crippen molar-refractivity contribution in [3.05, 3.63) is 30.6 Å². The number of aromatic nitrogens is 2. The van der Waals surface area contributed by atoms with Crippen molar-refractivity contribution in [3.8, 4) is 5.75 Å². The lowest BCUT2D eigenvalue weighted by Crippen LogP contribution is -1.95. The van der Waals surface area contributed by atoms with Gasteiger partial charge in [-0.1, -0.05) is 0 Å². The van der Waals surface area contributed by atoms with E-state index in [9.17, 15) is 4.79 Å². The molecule has 2 aromatic rings. The molecule has 0 radical (unpaired) electrons. The molecular weight excluding hydrogens is 248 g/mol. The topological polar surface area (TPSA) is 52.1 Å². The van der Waals surface area contributed by atoms with Crippen molar-refractivity contribution >= 4 is 31.8 Å². The molecule has 0 saturated carbocycles. The fourth-order valence-electron chi connectivity index (χ4n) is 1.10. The molecule has 5 heteroatoms. The van der Waals surface area contributed by atoms with Gasteiger partial charge in [0.05, 0.1) is 11.0 Å². The van der Waals surface area contributed by atoms with E-state index in [-0.39, 0.29) is 0 Å². The molecule has 14 heavy (non-hydrogen) atoms. The van der Waals surface area contributed by atoms with Crippen molar-refractivity contribution in [2.24, 2.45) is 0 Å². The Morgan fingerprint density at radius 1 is 1.21 bits per heavy atom. The molecule has 70 valence electrons. The van der Waals surface area contributed by atoms with Crippen molar-refractivity contribution in [2.75, 3.05) is 0 Å². The highest BCUT2D eigenvalue weighted by Gasteiger charge is 2.01. The fourth-order valence-corrected chi connectivity index (χ4v) is 1.29. The normalized spacial score (nSPS) is 10.1. The van der Waals surface area contributed by atoms with E-state index in [0.717, 1.165) is 5.52 Å². The molecule has 1 aromatic heterocycles. The van der Waals surface area contributed by atoms with Gasteiger partial charge in [-0.05, 0) is 12.1 Å². The summed E-state index contributed by atoms with van der Waals surface area (Å²) in [5, 5.41) is 0. The number of carbonyl (C=O) groups is 1. The molecule has 0 atom stereocenters. The van der Waals surface area contributed by atoms with Gasteiger partial charge in [-0.15, -0.1) is 0 Å². The van der Waals surface area contributed by atoms with Gasteiger partial charge in [-0.2, -0.15) is 0 Å². The number of fused-ring (bicyclic) bond motifs is 1. The summed E-state index contributed by atoms with van der Waals surface area (Å²) in [7, 11) is 0. The Balaban J connectivity index is 2.46. The van der Waals surface area contributed by atoms with Gasteiger partial charge in [-0.3, -0.25) is 9.97 Å². The Kier molecular flexibility index (Phi) is 2.41. The third-order valence-corrected chi connectivity index (χ3v) is 1.80. The smallest absolute Gasteiger partial charge is 0.379 e. The van der Waals surface area contributed by atoms with Crippen molar-refractivity contribution in [1.29, 1.82) is 0 Å². The van der Waals surface area contributed by atoms with Crippen LogP contribution in [0.15, 0.2) is 30.6 Å². The van der Waals surface area contributed by atoms with E-state index >= 15 is 0 Å². The quantitative estimate of drug-likeness (QED) is 0.732. The van der Waals surface area contributed by atoms with Gasteiger partial charge in [0.2, 0.25) is 0 Å². The Hall–Kier alpha value is -1.49. The summed E-state index contributed by atoms with van der Waals surface area (Å²) in [6.07, 6.45) is 3.20. The molecule has 0 amide bonds. The number of hydrogen-bond donors (Lipinski definition) is 0. The summed E-state index contributed by atoms with van der Waals surface area (Å²) in [4.78, 5) is 18.2. The first-order valence-corrected chi connectivity index (χ1v) is 4.63. The molecule has 4 nitrogen and oxygen atoms in total. The van der Waals surface area contributed by atoms with Crippen LogP contribution in [-0.4, -0.2) is 14.8 Å². The standard InChI is InChI=1S/C9H5BrN2O2/c10-9(13)14-6-1-2-7-8(5-6)12-4-3-11-7/h1-5H. The number of hydrogen-bond acceptors (Lipinski definition) is 4. The van der Waals surface area contributed by atoms with Gasteiger partial charge < -0.3 is 4.74 Å².